The van der Waals surface area contributed by atoms with E-state index >= 15 is 0 Å². The highest BCUT2D eigenvalue weighted by atomic mass is 35.5. The smallest absolute Gasteiger partial charge is 0.323 e. The van der Waals surface area contributed by atoms with Gasteiger partial charge in [0.15, 0.2) is 0 Å². The number of hydrogen-bond acceptors (Lipinski definition) is 3. The fourth-order valence-electron chi connectivity index (χ4n) is 1.33. The Kier molecular flexibility index (Phi) is 6.21. The van der Waals surface area contributed by atoms with Crippen LogP contribution in [0.2, 0.25) is 0 Å². The summed E-state index contributed by atoms with van der Waals surface area (Å²) in [7, 11) is 0. The molecule has 0 saturated heterocycles. The van der Waals surface area contributed by atoms with E-state index in [1.54, 1.807) is 0 Å². The Morgan fingerprint density at radius 2 is 1.82 bits per heavy atom. The van der Waals surface area contributed by atoms with Crippen LogP contribution in [0.15, 0.2) is 30.3 Å². The first-order chi connectivity index (χ1) is 7.38. The Morgan fingerprint density at radius 1 is 1.29 bits per heavy atom. The van der Waals surface area contributed by atoms with E-state index in [1.165, 1.54) is 0 Å². The minimum Gasteiger partial charge on any atom is -0.459 e. The molecule has 1 aromatic rings. The number of benzene rings is 1. The zero-order valence-corrected chi connectivity index (χ0v) is 11.3. The van der Waals surface area contributed by atoms with Crippen molar-refractivity contribution in [3.63, 3.8) is 0 Å². The number of hydrogen-bond donors (Lipinski definition) is 1. The summed E-state index contributed by atoms with van der Waals surface area (Å²) < 4.78 is 5.21. The van der Waals surface area contributed by atoms with E-state index in [-0.39, 0.29) is 18.4 Å². The second-order valence-corrected chi connectivity index (χ2v) is 4.83. The number of esters is 1. The maximum atomic E-state index is 11.6. The highest BCUT2D eigenvalue weighted by Crippen LogP contribution is 2.10. The lowest BCUT2D eigenvalue weighted by molar-refractivity contribution is -0.156. The van der Waals surface area contributed by atoms with Gasteiger partial charge in [-0.1, -0.05) is 30.3 Å². The van der Waals surface area contributed by atoms with E-state index < -0.39 is 11.6 Å². The first-order valence-electron chi connectivity index (χ1n) is 5.41. The lowest BCUT2D eigenvalue weighted by atomic mass is 10.1. The molecule has 96 valence electrons. The van der Waals surface area contributed by atoms with Crippen molar-refractivity contribution in [1.29, 1.82) is 0 Å². The van der Waals surface area contributed by atoms with Crippen LogP contribution in [-0.2, 0) is 16.0 Å². The number of ether oxygens (including phenoxy) is 1. The van der Waals surface area contributed by atoms with Gasteiger partial charge in [-0.3, -0.25) is 4.79 Å². The third-order valence-corrected chi connectivity index (χ3v) is 2.01. The van der Waals surface area contributed by atoms with Crippen LogP contribution in [0.1, 0.15) is 26.3 Å². The Hall–Kier alpha value is -1.06. The van der Waals surface area contributed by atoms with Crippen LogP contribution >= 0.6 is 12.4 Å². The Balaban J connectivity index is 0.00000256. The van der Waals surface area contributed by atoms with E-state index in [2.05, 4.69) is 0 Å². The third-order valence-electron chi connectivity index (χ3n) is 2.01. The molecule has 1 atom stereocenters. The summed E-state index contributed by atoms with van der Waals surface area (Å²) in [6.45, 7) is 5.50. The van der Waals surface area contributed by atoms with Crippen LogP contribution in [0.4, 0.5) is 0 Å². The zero-order valence-electron chi connectivity index (χ0n) is 10.5. The molecular formula is C13H20ClNO2. The highest BCUT2D eigenvalue weighted by molar-refractivity contribution is 5.85. The van der Waals surface area contributed by atoms with Crippen LogP contribution in [0.5, 0.6) is 0 Å². The SMILES string of the molecule is CC(C)(C)OC(=O)C(N)Cc1ccccc1.Cl. The van der Waals surface area contributed by atoms with Crippen LogP contribution < -0.4 is 5.73 Å². The van der Waals surface area contributed by atoms with Crippen molar-refractivity contribution < 1.29 is 9.53 Å². The summed E-state index contributed by atoms with van der Waals surface area (Å²) in [4.78, 5) is 11.6. The van der Waals surface area contributed by atoms with Gasteiger partial charge in [0.25, 0.3) is 0 Å². The molecule has 0 aromatic heterocycles. The lowest BCUT2D eigenvalue weighted by Gasteiger charge is -2.22. The van der Waals surface area contributed by atoms with E-state index in [0.29, 0.717) is 6.42 Å². The van der Waals surface area contributed by atoms with E-state index in [1.807, 2.05) is 51.1 Å². The molecule has 4 heteroatoms. The molecule has 0 bridgehead atoms. The molecule has 0 aliphatic rings. The standard InChI is InChI=1S/C13H19NO2.ClH/c1-13(2,3)16-12(15)11(14)9-10-7-5-4-6-8-10;/h4-8,11H,9,14H2,1-3H3;1H. The molecule has 1 unspecified atom stereocenters. The van der Waals surface area contributed by atoms with Gasteiger partial charge in [0.1, 0.15) is 11.6 Å². The monoisotopic (exact) mass is 257 g/mol. The molecule has 1 aromatic carbocycles. The van der Waals surface area contributed by atoms with Crippen molar-refractivity contribution in [3.8, 4) is 0 Å². The van der Waals surface area contributed by atoms with Gasteiger partial charge in [-0.05, 0) is 32.8 Å². The molecular weight excluding hydrogens is 238 g/mol. The van der Waals surface area contributed by atoms with Crippen molar-refractivity contribution in [2.24, 2.45) is 5.73 Å². The number of rotatable bonds is 3. The van der Waals surface area contributed by atoms with Gasteiger partial charge in [0, 0.05) is 0 Å². The summed E-state index contributed by atoms with van der Waals surface area (Å²) in [6.07, 6.45) is 0.510. The molecule has 17 heavy (non-hydrogen) atoms. The van der Waals surface area contributed by atoms with Gasteiger partial charge in [-0.2, -0.15) is 0 Å². The van der Waals surface area contributed by atoms with Crippen molar-refractivity contribution in [1.82, 2.24) is 0 Å². The van der Waals surface area contributed by atoms with E-state index in [0.717, 1.165) is 5.56 Å². The highest BCUT2D eigenvalue weighted by Gasteiger charge is 2.22. The van der Waals surface area contributed by atoms with Gasteiger partial charge in [-0.15, -0.1) is 12.4 Å². The maximum Gasteiger partial charge on any atom is 0.323 e. The molecule has 0 fully saturated rings. The minimum atomic E-state index is -0.596. The molecule has 0 aliphatic carbocycles. The summed E-state index contributed by atoms with van der Waals surface area (Å²) >= 11 is 0. The molecule has 0 heterocycles. The fraction of sp³-hybridized carbons (Fsp3) is 0.462. The van der Waals surface area contributed by atoms with Gasteiger partial charge in [0.2, 0.25) is 0 Å². The Morgan fingerprint density at radius 3 is 2.29 bits per heavy atom. The molecule has 3 nitrogen and oxygen atoms in total. The van der Waals surface area contributed by atoms with Crippen molar-refractivity contribution in [3.05, 3.63) is 35.9 Å². The Labute approximate surface area is 109 Å². The minimum absolute atomic E-state index is 0. The number of carbonyl (C=O) groups is 1. The quantitative estimate of drug-likeness (QED) is 0.846. The zero-order chi connectivity index (χ0) is 12.2. The van der Waals surface area contributed by atoms with Crippen LogP contribution in [0.3, 0.4) is 0 Å². The van der Waals surface area contributed by atoms with Gasteiger partial charge < -0.3 is 10.5 Å². The van der Waals surface area contributed by atoms with Gasteiger partial charge >= 0.3 is 5.97 Å². The fourth-order valence-corrected chi connectivity index (χ4v) is 1.33. The average Bonchev–Trinajstić information content (AvgIpc) is 2.16. The molecule has 1 rings (SSSR count). The normalized spacial score (nSPS) is 12.5. The van der Waals surface area contributed by atoms with Gasteiger partial charge in [-0.25, -0.2) is 0 Å². The summed E-state index contributed by atoms with van der Waals surface area (Å²) in [6, 6.07) is 9.09. The van der Waals surface area contributed by atoms with E-state index in [4.69, 9.17) is 10.5 Å². The second-order valence-electron chi connectivity index (χ2n) is 4.83. The number of carbonyl (C=O) groups excluding carboxylic acids is 1. The van der Waals surface area contributed by atoms with Crippen LogP contribution in [0.25, 0.3) is 0 Å². The van der Waals surface area contributed by atoms with Crippen molar-refractivity contribution in [2.75, 3.05) is 0 Å². The third kappa shape index (κ3) is 6.29. The molecule has 0 amide bonds. The van der Waals surface area contributed by atoms with Crippen LogP contribution in [0, 0.1) is 0 Å². The second kappa shape index (κ2) is 6.62. The van der Waals surface area contributed by atoms with Crippen molar-refractivity contribution in [2.45, 2.75) is 38.8 Å². The molecule has 0 radical (unpaired) electrons. The van der Waals surface area contributed by atoms with E-state index in [9.17, 15) is 4.79 Å². The predicted molar refractivity (Wildman–Crippen MR) is 71.2 cm³/mol. The molecule has 0 saturated carbocycles. The summed E-state index contributed by atoms with van der Waals surface area (Å²) in [5.41, 5.74) is 6.34. The molecule has 0 spiro atoms. The summed E-state index contributed by atoms with van der Waals surface area (Å²) in [5.74, 6) is -0.351. The Bertz CT molecular complexity index is 346. The van der Waals surface area contributed by atoms with Crippen molar-refractivity contribution >= 4 is 18.4 Å². The number of nitrogens with two attached hydrogens (primary N) is 1. The first kappa shape index (κ1) is 15.9. The first-order valence-corrected chi connectivity index (χ1v) is 5.41. The molecule has 0 aliphatic heterocycles. The average molecular weight is 258 g/mol. The largest absolute Gasteiger partial charge is 0.459 e. The number of halogens is 1. The topological polar surface area (TPSA) is 52.3 Å². The van der Waals surface area contributed by atoms with Gasteiger partial charge in [0.05, 0.1) is 0 Å². The maximum absolute atomic E-state index is 11.6. The predicted octanol–water partition coefficient (Wildman–Crippen LogP) is 2.32. The lowest BCUT2D eigenvalue weighted by Crippen LogP contribution is -2.38. The van der Waals surface area contributed by atoms with Crippen LogP contribution in [-0.4, -0.2) is 17.6 Å². The summed E-state index contributed by atoms with van der Waals surface area (Å²) in [5, 5.41) is 0. The molecule has 2 N–H and O–H groups in total.